The molecule has 106 valence electrons. The summed E-state index contributed by atoms with van der Waals surface area (Å²) in [5.41, 5.74) is 1.18. The molecular formula is C14H16BrN3OS. The zero-order valence-corrected chi connectivity index (χ0v) is 13.8. The van der Waals surface area contributed by atoms with Crippen molar-refractivity contribution in [1.82, 2.24) is 14.7 Å². The highest BCUT2D eigenvalue weighted by molar-refractivity contribution is 9.10. The summed E-state index contributed by atoms with van der Waals surface area (Å²) in [6, 6.07) is 2.07. The number of thiophene rings is 1. The zero-order chi connectivity index (χ0) is 14.3. The van der Waals surface area contributed by atoms with Gasteiger partial charge in [-0.25, -0.2) is 0 Å². The fourth-order valence-electron chi connectivity index (χ4n) is 2.50. The van der Waals surface area contributed by atoms with E-state index in [2.05, 4.69) is 27.1 Å². The molecule has 0 aromatic carbocycles. The molecule has 4 nitrogen and oxygen atoms in total. The molecule has 1 aliphatic rings. The first-order chi connectivity index (χ1) is 9.54. The molecular weight excluding hydrogens is 338 g/mol. The van der Waals surface area contributed by atoms with Crippen LogP contribution in [0.25, 0.3) is 0 Å². The van der Waals surface area contributed by atoms with Gasteiger partial charge in [0.05, 0.1) is 12.7 Å². The van der Waals surface area contributed by atoms with Gasteiger partial charge in [-0.15, -0.1) is 11.3 Å². The van der Waals surface area contributed by atoms with Crippen LogP contribution in [0.4, 0.5) is 0 Å². The maximum atomic E-state index is 12.4. The highest BCUT2D eigenvalue weighted by atomic mass is 79.9. The number of hydrogen-bond donors (Lipinski definition) is 0. The third kappa shape index (κ3) is 2.81. The summed E-state index contributed by atoms with van der Waals surface area (Å²) in [6.45, 7) is 0.686. The first-order valence-electron chi connectivity index (χ1n) is 6.51. The van der Waals surface area contributed by atoms with Crippen LogP contribution in [-0.4, -0.2) is 27.6 Å². The molecule has 6 heteroatoms. The molecule has 2 aromatic heterocycles. The standard InChI is InChI=1S/C14H16BrN3OS/c1-17(7-11-3-10(15)8-20-11)14(19)13-4-12(13)9-5-16-18(2)6-9/h3,5-6,8,12-13H,4,7H2,1-2H3/t12-,13-/m1/s1. The summed E-state index contributed by atoms with van der Waals surface area (Å²) < 4.78 is 2.88. The molecule has 0 aliphatic heterocycles. The van der Waals surface area contributed by atoms with Gasteiger partial charge >= 0.3 is 0 Å². The van der Waals surface area contributed by atoms with E-state index in [1.54, 1.807) is 16.0 Å². The maximum Gasteiger partial charge on any atom is 0.226 e. The second-order valence-corrected chi connectivity index (χ2v) is 7.23. The molecule has 0 N–H and O–H groups in total. The third-order valence-electron chi connectivity index (χ3n) is 3.65. The smallest absolute Gasteiger partial charge is 0.226 e. The van der Waals surface area contributed by atoms with E-state index < -0.39 is 0 Å². The number of carbonyl (C=O) groups is 1. The first-order valence-corrected chi connectivity index (χ1v) is 8.18. The Balaban J connectivity index is 1.60. The van der Waals surface area contributed by atoms with E-state index in [1.165, 1.54) is 10.4 Å². The SMILES string of the molecule is CN(Cc1cc(Br)cs1)C(=O)[C@@H]1C[C@@H]1c1cnn(C)c1. The predicted octanol–water partition coefficient (Wildman–Crippen LogP) is 3.01. The summed E-state index contributed by atoms with van der Waals surface area (Å²) in [6.07, 6.45) is 4.83. The number of rotatable bonds is 4. The Labute approximate surface area is 130 Å². The number of aromatic nitrogens is 2. The number of aryl methyl sites for hydroxylation is 1. The van der Waals surface area contributed by atoms with Crippen molar-refractivity contribution in [2.45, 2.75) is 18.9 Å². The third-order valence-corrected chi connectivity index (χ3v) is 5.33. The molecule has 0 bridgehead atoms. The molecule has 2 heterocycles. The summed E-state index contributed by atoms with van der Waals surface area (Å²) in [5.74, 6) is 0.727. The van der Waals surface area contributed by atoms with E-state index in [9.17, 15) is 4.79 Å². The van der Waals surface area contributed by atoms with Crippen LogP contribution in [0.3, 0.4) is 0 Å². The Morgan fingerprint density at radius 3 is 3.05 bits per heavy atom. The van der Waals surface area contributed by atoms with Crippen LogP contribution in [-0.2, 0) is 18.4 Å². The monoisotopic (exact) mass is 353 g/mol. The van der Waals surface area contributed by atoms with Gasteiger partial charge in [0.25, 0.3) is 0 Å². The lowest BCUT2D eigenvalue weighted by atomic mass is 10.2. The summed E-state index contributed by atoms with van der Waals surface area (Å²) in [5, 5.41) is 6.22. The van der Waals surface area contributed by atoms with Gasteiger partial charge in [-0.3, -0.25) is 9.48 Å². The lowest BCUT2D eigenvalue weighted by Gasteiger charge is -2.16. The maximum absolute atomic E-state index is 12.4. The van der Waals surface area contributed by atoms with Gasteiger partial charge in [0.1, 0.15) is 0 Å². The van der Waals surface area contributed by atoms with Crippen molar-refractivity contribution in [2.24, 2.45) is 13.0 Å². The molecule has 1 saturated carbocycles. The van der Waals surface area contributed by atoms with Crippen LogP contribution in [0.1, 0.15) is 22.8 Å². The van der Waals surface area contributed by atoms with Crippen LogP contribution in [0, 0.1) is 5.92 Å². The van der Waals surface area contributed by atoms with Gasteiger partial charge in [0.2, 0.25) is 5.91 Å². The molecule has 3 rings (SSSR count). The average molecular weight is 354 g/mol. The largest absolute Gasteiger partial charge is 0.340 e. The average Bonchev–Trinajstić information content (AvgIpc) is 2.93. The Hall–Kier alpha value is -1.14. The first kappa shape index (κ1) is 13.8. The normalized spacial score (nSPS) is 20.9. The highest BCUT2D eigenvalue weighted by Gasteiger charge is 2.45. The van der Waals surface area contributed by atoms with Gasteiger partial charge in [-0.2, -0.15) is 5.10 Å². The van der Waals surface area contributed by atoms with E-state index in [1.807, 2.05) is 36.8 Å². The molecule has 20 heavy (non-hydrogen) atoms. The molecule has 0 radical (unpaired) electrons. The van der Waals surface area contributed by atoms with Crippen LogP contribution in [0.2, 0.25) is 0 Å². The van der Waals surface area contributed by atoms with Crippen molar-refractivity contribution in [3.63, 3.8) is 0 Å². The molecule has 0 saturated heterocycles. The molecule has 1 amide bonds. The van der Waals surface area contributed by atoms with E-state index in [0.717, 1.165) is 10.9 Å². The van der Waals surface area contributed by atoms with Gasteiger partial charge < -0.3 is 4.90 Å². The van der Waals surface area contributed by atoms with Gasteiger partial charge in [-0.05, 0) is 39.9 Å². The molecule has 2 atom stereocenters. The topological polar surface area (TPSA) is 38.1 Å². The van der Waals surface area contributed by atoms with Crippen LogP contribution >= 0.6 is 27.3 Å². The minimum absolute atomic E-state index is 0.132. The Bertz CT molecular complexity index is 632. The molecule has 2 aromatic rings. The van der Waals surface area contributed by atoms with E-state index in [-0.39, 0.29) is 11.8 Å². The predicted molar refractivity (Wildman–Crippen MR) is 82.5 cm³/mol. The lowest BCUT2D eigenvalue weighted by Crippen LogP contribution is -2.27. The van der Waals surface area contributed by atoms with Crippen LogP contribution in [0.15, 0.2) is 28.3 Å². The van der Waals surface area contributed by atoms with Crippen molar-refractivity contribution in [1.29, 1.82) is 0 Å². The highest BCUT2D eigenvalue weighted by Crippen LogP contribution is 2.48. The summed E-state index contributed by atoms with van der Waals surface area (Å²) in [4.78, 5) is 15.4. The van der Waals surface area contributed by atoms with E-state index in [4.69, 9.17) is 0 Å². The minimum atomic E-state index is 0.132. The lowest BCUT2D eigenvalue weighted by molar-refractivity contribution is -0.131. The van der Waals surface area contributed by atoms with Gasteiger partial charge in [0.15, 0.2) is 0 Å². The summed E-state index contributed by atoms with van der Waals surface area (Å²) in [7, 11) is 3.79. The number of nitrogens with zero attached hydrogens (tertiary/aromatic N) is 3. The molecule has 0 unspecified atom stereocenters. The fraction of sp³-hybridized carbons (Fsp3) is 0.429. The van der Waals surface area contributed by atoms with Gasteiger partial charge in [0, 0.05) is 40.9 Å². The van der Waals surface area contributed by atoms with Crippen molar-refractivity contribution in [3.8, 4) is 0 Å². The molecule has 1 fully saturated rings. The number of carbonyl (C=O) groups excluding carboxylic acids is 1. The molecule has 1 aliphatic carbocycles. The van der Waals surface area contributed by atoms with Crippen molar-refractivity contribution >= 4 is 33.2 Å². The fourth-order valence-corrected chi connectivity index (χ4v) is 4.00. The quantitative estimate of drug-likeness (QED) is 0.847. The van der Waals surface area contributed by atoms with Crippen molar-refractivity contribution in [3.05, 3.63) is 38.8 Å². The Kier molecular flexibility index (Phi) is 3.69. The van der Waals surface area contributed by atoms with Crippen LogP contribution in [0.5, 0.6) is 0 Å². The number of amides is 1. The second kappa shape index (κ2) is 5.33. The number of halogens is 1. The molecule has 0 spiro atoms. The van der Waals surface area contributed by atoms with E-state index >= 15 is 0 Å². The Morgan fingerprint density at radius 1 is 1.65 bits per heavy atom. The Morgan fingerprint density at radius 2 is 2.45 bits per heavy atom. The van der Waals surface area contributed by atoms with Crippen molar-refractivity contribution in [2.75, 3.05) is 7.05 Å². The van der Waals surface area contributed by atoms with Crippen molar-refractivity contribution < 1.29 is 4.79 Å². The zero-order valence-electron chi connectivity index (χ0n) is 11.4. The summed E-state index contributed by atoms with van der Waals surface area (Å²) >= 11 is 5.11. The number of hydrogen-bond acceptors (Lipinski definition) is 3. The second-order valence-electron chi connectivity index (χ2n) is 5.32. The van der Waals surface area contributed by atoms with Gasteiger partial charge in [-0.1, -0.05) is 0 Å². The van der Waals surface area contributed by atoms with E-state index in [0.29, 0.717) is 12.5 Å². The minimum Gasteiger partial charge on any atom is -0.340 e. The van der Waals surface area contributed by atoms with Crippen LogP contribution < -0.4 is 0 Å².